The zero-order chi connectivity index (χ0) is 23.3. The van der Waals surface area contributed by atoms with E-state index in [-0.39, 0.29) is 6.42 Å². The summed E-state index contributed by atoms with van der Waals surface area (Å²) in [6.45, 7) is 2.67. The smallest absolute Gasteiger partial charge is 0.241 e. The highest BCUT2D eigenvalue weighted by Gasteiger charge is 2.34. The van der Waals surface area contributed by atoms with Crippen LogP contribution in [0.1, 0.15) is 35.8 Å². The second-order valence-corrected chi connectivity index (χ2v) is 9.28. The number of alkyl halides is 1. The number of likely N-dealkylation sites (tertiary alicyclic amines) is 1. The lowest BCUT2D eigenvalue weighted by molar-refractivity contribution is 0.0817. The number of aromatic nitrogens is 1. The molecule has 0 radical (unpaired) electrons. The number of nitrogens with zero attached hydrogens (tertiary/aromatic N) is 3. The van der Waals surface area contributed by atoms with Gasteiger partial charge >= 0.3 is 0 Å². The van der Waals surface area contributed by atoms with E-state index in [4.69, 9.17) is 11.3 Å². The third-order valence-corrected chi connectivity index (χ3v) is 5.99. The zero-order valence-electron chi connectivity index (χ0n) is 17.4. The van der Waals surface area contributed by atoms with Crippen LogP contribution < -0.4 is 4.72 Å². The first-order valence-corrected chi connectivity index (χ1v) is 11.5. The first kappa shape index (κ1) is 23.8. The van der Waals surface area contributed by atoms with Crippen molar-refractivity contribution >= 4 is 15.9 Å². The Morgan fingerprint density at radius 2 is 2.25 bits per heavy atom. The number of allylic oxidation sites excluding steroid dienone is 4. The van der Waals surface area contributed by atoms with Gasteiger partial charge in [-0.15, -0.1) is 6.42 Å². The molecule has 1 fully saturated rings. The molecule has 1 aromatic rings. The van der Waals surface area contributed by atoms with Gasteiger partial charge in [0, 0.05) is 43.9 Å². The number of sulfonamides is 1. The molecule has 32 heavy (non-hydrogen) atoms. The monoisotopic (exact) mass is 468 g/mol. The predicted molar refractivity (Wildman–Crippen MR) is 114 cm³/mol. The summed E-state index contributed by atoms with van der Waals surface area (Å²) in [6.07, 6.45) is 8.25. The van der Waals surface area contributed by atoms with Gasteiger partial charge in [0.15, 0.2) is 6.10 Å². The van der Waals surface area contributed by atoms with E-state index >= 15 is 0 Å². The zero-order valence-corrected chi connectivity index (χ0v) is 18.2. The number of nitrogens with one attached hydrogen (secondary N) is 1. The third-order valence-electron chi connectivity index (χ3n) is 5.01. The van der Waals surface area contributed by atoms with E-state index in [0.29, 0.717) is 43.0 Å². The van der Waals surface area contributed by atoms with Crippen LogP contribution in [0, 0.1) is 19.3 Å². The van der Waals surface area contributed by atoms with Crippen molar-refractivity contribution in [3.8, 4) is 12.3 Å². The summed E-state index contributed by atoms with van der Waals surface area (Å²) < 4.78 is 65.5. The van der Waals surface area contributed by atoms with Crippen molar-refractivity contribution in [2.75, 3.05) is 19.1 Å². The summed E-state index contributed by atoms with van der Waals surface area (Å²) in [4.78, 5) is 11.8. The van der Waals surface area contributed by atoms with Gasteiger partial charge in [0.2, 0.25) is 16.0 Å². The topological polar surface area (TPSA) is 83.9 Å². The average Bonchev–Trinajstić information content (AvgIpc) is 3.37. The van der Waals surface area contributed by atoms with Crippen molar-refractivity contribution in [2.24, 2.45) is 5.16 Å². The van der Waals surface area contributed by atoms with Gasteiger partial charge in [0.05, 0.1) is 12.1 Å². The van der Waals surface area contributed by atoms with Crippen molar-refractivity contribution in [3.05, 3.63) is 52.9 Å². The summed E-state index contributed by atoms with van der Waals surface area (Å²) in [5.74, 6) is 1.02. The molecule has 0 bridgehead atoms. The van der Waals surface area contributed by atoms with Gasteiger partial charge in [-0.2, -0.15) is 0 Å². The summed E-state index contributed by atoms with van der Waals surface area (Å²) >= 11 is 0. The fourth-order valence-corrected chi connectivity index (χ4v) is 4.41. The Morgan fingerprint density at radius 1 is 1.47 bits per heavy atom. The van der Waals surface area contributed by atoms with Crippen LogP contribution in [0.25, 0.3) is 0 Å². The lowest BCUT2D eigenvalue weighted by atomic mass is 10.0. The molecule has 0 unspecified atom stereocenters. The Labute approximate surface area is 185 Å². The number of halogens is 3. The number of amidine groups is 1. The van der Waals surface area contributed by atoms with Gasteiger partial charge in [-0.25, -0.2) is 26.3 Å². The first-order chi connectivity index (χ1) is 15.2. The van der Waals surface area contributed by atoms with Crippen LogP contribution in [0.3, 0.4) is 0 Å². The highest BCUT2D eigenvalue weighted by atomic mass is 32.2. The largest absolute Gasteiger partial charge is 0.384 e. The van der Waals surface area contributed by atoms with Crippen LogP contribution in [-0.4, -0.2) is 49.3 Å². The number of oxime groups is 1. The maximum atomic E-state index is 14.3. The maximum Gasteiger partial charge on any atom is 0.241 e. The highest BCUT2D eigenvalue weighted by Crippen LogP contribution is 2.32. The van der Waals surface area contributed by atoms with Crippen LogP contribution in [0.15, 0.2) is 41.2 Å². The lowest BCUT2D eigenvalue weighted by Crippen LogP contribution is -2.38. The second kappa shape index (κ2) is 10.2. The van der Waals surface area contributed by atoms with Crippen molar-refractivity contribution in [1.29, 1.82) is 0 Å². The lowest BCUT2D eigenvalue weighted by Gasteiger charge is -2.18. The van der Waals surface area contributed by atoms with E-state index in [2.05, 4.69) is 14.9 Å². The van der Waals surface area contributed by atoms with E-state index in [0.717, 1.165) is 17.7 Å². The number of hydrogen-bond donors (Lipinski definition) is 1. The number of terminal acetylenes is 1. The Kier molecular flexibility index (Phi) is 7.58. The van der Waals surface area contributed by atoms with E-state index in [1.807, 2.05) is 10.8 Å². The van der Waals surface area contributed by atoms with Crippen molar-refractivity contribution < 1.29 is 26.4 Å². The maximum absolute atomic E-state index is 14.3. The van der Waals surface area contributed by atoms with E-state index in [1.54, 1.807) is 19.2 Å². The molecule has 2 aliphatic rings. The summed E-state index contributed by atoms with van der Waals surface area (Å²) in [7, 11) is -3.94. The van der Waals surface area contributed by atoms with Gasteiger partial charge in [-0.1, -0.05) is 17.1 Å². The molecule has 2 aliphatic heterocycles. The van der Waals surface area contributed by atoms with Gasteiger partial charge in [-0.3, -0.25) is 4.98 Å². The minimum atomic E-state index is -3.94. The molecule has 11 heteroatoms. The Morgan fingerprint density at radius 3 is 2.97 bits per heavy atom. The SMILES string of the molecule is C#C/C=C(F)\C=C(\F)Cc1cc(C)cnc1[C@@H]1CC(N2CC[C@H](NS(=O)(=O)CF)C2)=NO1. The van der Waals surface area contributed by atoms with E-state index < -0.39 is 39.8 Å². The van der Waals surface area contributed by atoms with Gasteiger partial charge in [0.1, 0.15) is 17.5 Å². The predicted octanol–water partition coefficient (Wildman–Crippen LogP) is 2.97. The Hall–Kier alpha value is -2.84. The fourth-order valence-electron chi connectivity index (χ4n) is 3.65. The number of hydrogen-bond acceptors (Lipinski definition) is 6. The minimum Gasteiger partial charge on any atom is -0.384 e. The van der Waals surface area contributed by atoms with Crippen molar-refractivity contribution in [3.63, 3.8) is 0 Å². The van der Waals surface area contributed by atoms with Crippen LogP contribution >= 0.6 is 0 Å². The molecular weight excluding hydrogens is 445 g/mol. The van der Waals surface area contributed by atoms with Crippen LogP contribution in [0.2, 0.25) is 0 Å². The van der Waals surface area contributed by atoms with Crippen molar-refractivity contribution in [2.45, 2.75) is 38.3 Å². The molecular formula is C21H23F3N4O3S. The number of aryl methyl sites for hydroxylation is 1. The molecule has 1 aromatic heterocycles. The quantitative estimate of drug-likeness (QED) is 0.491. The van der Waals surface area contributed by atoms with E-state index in [9.17, 15) is 21.6 Å². The normalized spacial score (nSPS) is 22.0. The summed E-state index contributed by atoms with van der Waals surface area (Å²) in [5.41, 5.74) is 1.81. The van der Waals surface area contributed by atoms with Crippen LogP contribution in [0.5, 0.6) is 0 Å². The molecule has 0 amide bonds. The van der Waals surface area contributed by atoms with Gasteiger partial charge < -0.3 is 9.74 Å². The summed E-state index contributed by atoms with van der Waals surface area (Å²) in [5, 5.41) is 4.09. The van der Waals surface area contributed by atoms with Crippen LogP contribution in [-0.2, 0) is 21.3 Å². The highest BCUT2D eigenvalue weighted by molar-refractivity contribution is 7.89. The molecule has 172 valence electrons. The third kappa shape index (κ3) is 6.11. The summed E-state index contributed by atoms with van der Waals surface area (Å²) in [6, 6.07) is -0.140. The molecule has 3 heterocycles. The molecule has 0 saturated carbocycles. The molecule has 3 rings (SSSR count). The number of pyridine rings is 1. The first-order valence-electron chi connectivity index (χ1n) is 9.87. The van der Waals surface area contributed by atoms with Gasteiger partial charge in [0.25, 0.3) is 0 Å². The Balaban J connectivity index is 1.68. The standard InChI is InChI=1S/C21H23F3N4O3S/c1-3-4-16(23)9-17(24)8-15-7-14(2)11-25-21(15)19-10-20(26-31-19)28-6-5-18(12-28)27-32(29,30)13-22/h1,4,7,9,11,18-19,27H,5-6,8,10,12-13H2,2H3/b16-4+,17-9+/t18-,19-/m0/s1. The van der Waals surface area contributed by atoms with Crippen molar-refractivity contribution in [1.82, 2.24) is 14.6 Å². The molecule has 7 nitrogen and oxygen atoms in total. The molecule has 1 saturated heterocycles. The molecule has 2 atom stereocenters. The Bertz CT molecular complexity index is 1100. The molecule has 1 N–H and O–H groups in total. The molecule has 0 aliphatic carbocycles. The molecule has 0 aromatic carbocycles. The average molecular weight is 469 g/mol. The minimum absolute atomic E-state index is 0.193. The van der Waals surface area contributed by atoms with Gasteiger partial charge in [-0.05, 0) is 24.5 Å². The fraction of sp³-hybridized carbons (Fsp3) is 0.429. The van der Waals surface area contributed by atoms with E-state index in [1.165, 1.54) is 0 Å². The second-order valence-electron chi connectivity index (χ2n) is 7.60. The van der Waals surface area contributed by atoms with Crippen LogP contribution in [0.4, 0.5) is 13.2 Å². The molecule has 0 spiro atoms. The number of rotatable bonds is 7.